The van der Waals surface area contributed by atoms with Gasteiger partial charge in [0.2, 0.25) is 5.91 Å². The number of hydrogen-bond donors (Lipinski definition) is 0. The van der Waals surface area contributed by atoms with Crippen LogP contribution in [0.5, 0.6) is 0 Å². The van der Waals surface area contributed by atoms with Gasteiger partial charge in [0.1, 0.15) is 0 Å². The summed E-state index contributed by atoms with van der Waals surface area (Å²) in [5.41, 5.74) is 0. The topological polar surface area (TPSA) is 20.3 Å². The number of rotatable bonds is 21. The predicted octanol–water partition coefficient (Wildman–Crippen LogP) is 9.95. The van der Waals surface area contributed by atoms with Crippen LogP contribution >= 0.6 is 0 Å². The second-order valence-corrected chi connectivity index (χ2v) is 11.2. The molecule has 0 aromatic heterocycles. The molecule has 1 fully saturated rings. The lowest BCUT2D eigenvalue weighted by Crippen LogP contribution is -2.41. The van der Waals surface area contributed by atoms with Gasteiger partial charge < -0.3 is 4.90 Å². The summed E-state index contributed by atoms with van der Waals surface area (Å²) in [5, 5.41) is 0. The average Bonchev–Trinajstić information content (AvgIpc) is 2.83. The Bertz CT molecular complexity index is 440. The summed E-state index contributed by atoms with van der Waals surface area (Å²) in [7, 11) is 0. The predicted molar refractivity (Wildman–Crippen MR) is 147 cm³/mol. The minimum atomic E-state index is 0.298. The molecular formula is C31H61NO. The van der Waals surface area contributed by atoms with Crippen LogP contribution in [0, 0.1) is 17.8 Å². The van der Waals surface area contributed by atoms with Crippen molar-refractivity contribution in [1.29, 1.82) is 0 Å². The van der Waals surface area contributed by atoms with E-state index >= 15 is 0 Å². The van der Waals surface area contributed by atoms with Crippen LogP contribution in [-0.4, -0.2) is 23.9 Å². The molecule has 1 saturated heterocycles. The Morgan fingerprint density at radius 3 is 1.82 bits per heavy atom. The van der Waals surface area contributed by atoms with Crippen molar-refractivity contribution in [3.05, 3.63) is 0 Å². The summed E-state index contributed by atoms with van der Waals surface area (Å²) >= 11 is 0. The van der Waals surface area contributed by atoms with E-state index in [1.807, 2.05) is 0 Å². The van der Waals surface area contributed by atoms with Crippen LogP contribution in [0.3, 0.4) is 0 Å². The Labute approximate surface area is 209 Å². The number of unbranched alkanes of at least 4 members (excludes halogenated alkanes) is 8. The van der Waals surface area contributed by atoms with E-state index in [1.165, 1.54) is 122 Å². The van der Waals surface area contributed by atoms with Gasteiger partial charge in [0.15, 0.2) is 0 Å². The Balaban J connectivity index is 2.29. The summed E-state index contributed by atoms with van der Waals surface area (Å²) in [5.74, 6) is 2.63. The summed E-state index contributed by atoms with van der Waals surface area (Å²) in [6.45, 7) is 11.2. The van der Waals surface area contributed by atoms with E-state index in [9.17, 15) is 4.79 Å². The Morgan fingerprint density at radius 2 is 1.18 bits per heavy atom. The Kier molecular flexibility index (Phi) is 19.2. The molecule has 1 aliphatic heterocycles. The molecule has 1 aliphatic rings. The number of nitrogens with zero attached hydrogens (tertiary/aromatic N) is 1. The highest BCUT2D eigenvalue weighted by Gasteiger charge is 2.27. The van der Waals surface area contributed by atoms with Gasteiger partial charge in [-0.1, -0.05) is 137 Å². The number of amides is 1. The molecule has 0 bridgehead atoms. The number of hydrogen-bond acceptors (Lipinski definition) is 1. The van der Waals surface area contributed by atoms with Crippen LogP contribution in [0.1, 0.15) is 163 Å². The monoisotopic (exact) mass is 463 g/mol. The maximum atomic E-state index is 13.3. The minimum Gasteiger partial charge on any atom is -0.342 e. The molecule has 0 aromatic rings. The first kappa shape index (κ1) is 30.5. The van der Waals surface area contributed by atoms with Gasteiger partial charge in [-0.15, -0.1) is 0 Å². The van der Waals surface area contributed by atoms with E-state index in [-0.39, 0.29) is 0 Å². The summed E-state index contributed by atoms with van der Waals surface area (Å²) in [6.07, 6.45) is 27.8. The minimum absolute atomic E-state index is 0.298. The van der Waals surface area contributed by atoms with E-state index < -0.39 is 0 Å². The quantitative estimate of drug-likeness (QED) is 0.155. The van der Waals surface area contributed by atoms with Crippen molar-refractivity contribution in [2.45, 2.75) is 163 Å². The van der Waals surface area contributed by atoms with E-state index in [0.29, 0.717) is 11.8 Å². The van der Waals surface area contributed by atoms with Crippen LogP contribution in [0.2, 0.25) is 0 Å². The second kappa shape index (κ2) is 20.8. The van der Waals surface area contributed by atoms with E-state index in [1.54, 1.807) is 0 Å². The molecule has 0 aliphatic carbocycles. The lowest BCUT2D eigenvalue weighted by Gasteiger charge is -2.34. The van der Waals surface area contributed by atoms with Crippen molar-refractivity contribution in [3.63, 3.8) is 0 Å². The molecule has 0 radical (unpaired) electrons. The van der Waals surface area contributed by atoms with Crippen molar-refractivity contribution in [3.8, 4) is 0 Å². The molecule has 33 heavy (non-hydrogen) atoms. The summed E-state index contributed by atoms with van der Waals surface area (Å²) in [6, 6.07) is 0. The van der Waals surface area contributed by atoms with E-state index in [4.69, 9.17) is 0 Å². The molecular weight excluding hydrogens is 402 g/mol. The normalized spacial score (nSPS) is 16.8. The highest BCUT2D eigenvalue weighted by molar-refractivity contribution is 5.78. The number of piperidine rings is 1. The molecule has 0 aromatic carbocycles. The fourth-order valence-corrected chi connectivity index (χ4v) is 5.93. The summed E-state index contributed by atoms with van der Waals surface area (Å²) in [4.78, 5) is 15.5. The standard InChI is InChI=1S/C31H61NO/c1-5-9-12-13-15-23-30(22-11-7-3)31(33)32-26-24-29(25-27-32)21-17-16-20-28(18-8-4)19-14-10-6-2/h28-30H,5-27H2,1-4H3. The van der Waals surface area contributed by atoms with Crippen LogP contribution < -0.4 is 0 Å². The van der Waals surface area contributed by atoms with Gasteiger partial charge >= 0.3 is 0 Å². The zero-order valence-electron chi connectivity index (χ0n) is 23.4. The molecule has 2 heteroatoms. The molecule has 2 atom stereocenters. The maximum Gasteiger partial charge on any atom is 0.225 e. The lowest BCUT2D eigenvalue weighted by atomic mass is 9.87. The smallest absolute Gasteiger partial charge is 0.225 e. The van der Waals surface area contributed by atoms with Crippen molar-refractivity contribution < 1.29 is 4.79 Å². The van der Waals surface area contributed by atoms with E-state index in [0.717, 1.165) is 37.8 Å². The van der Waals surface area contributed by atoms with Gasteiger partial charge in [-0.25, -0.2) is 0 Å². The first-order chi connectivity index (χ1) is 16.2. The molecule has 2 nitrogen and oxygen atoms in total. The van der Waals surface area contributed by atoms with Gasteiger partial charge in [-0.3, -0.25) is 4.79 Å². The third-order valence-electron chi connectivity index (χ3n) is 8.23. The van der Waals surface area contributed by atoms with Gasteiger partial charge in [-0.2, -0.15) is 0 Å². The molecule has 1 heterocycles. The SMILES string of the molecule is CCCCCCCC(CCCC)C(=O)N1CCC(CCCCC(CCC)CCCCC)CC1. The molecule has 0 spiro atoms. The first-order valence-electron chi connectivity index (χ1n) is 15.4. The Hall–Kier alpha value is -0.530. The third-order valence-corrected chi connectivity index (χ3v) is 8.23. The van der Waals surface area contributed by atoms with Gasteiger partial charge in [0.05, 0.1) is 0 Å². The van der Waals surface area contributed by atoms with Gasteiger partial charge in [0.25, 0.3) is 0 Å². The highest BCUT2D eigenvalue weighted by Crippen LogP contribution is 2.28. The number of carbonyl (C=O) groups is 1. The summed E-state index contributed by atoms with van der Waals surface area (Å²) < 4.78 is 0. The lowest BCUT2D eigenvalue weighted by molar-refractivity contribution is -0.137. The molecule has 0 saturated carbocycles. The highest BCUT2D eigenvalue weighted by atomic mass is 16.2. The third kappa shape index (κ3) is 14.5. The zero-order chi connectivity index (χ0) is 24.2. The fourth-order valence-electron chi connectivity index (χ4n) is 5.93. The Morgan fingerprint density at radius 1 is 0.636 bits per heavy atom. The van der Waals surface area contributed by atoms with E-state index in [2.05, 4.69) is 32.6 Å². The van der Waals surface area contributed by atoms with Crippen LogP contribution in [0.15, 0.2) is 0 Å². The molecule has 196 valence electrons. The first-order valence-corrected chi connectivity index (χ1v) is 15.4. The average molecular weight is 464 g/mol. The maximum absolute atomic E-state index is 13.3. The second-order valence-electron chi connectivity index (χ2n) is 11.2. The van der Waals surface area contributed by atoms with Crippen molar-refractivity contribution in [2.75, 3.05) is 13.1 Å². The number of carbonyl (C=O) groups excluding carboxylic acids is 1. The fraction of sp³-hybridized carbons (Fsp3) is 0.968. The largest absolute Gasteiger partial charge is 0.342 e. The van der Waals surface area contributed by atoms with Crippen molar-refractivity contribution >= 4 is 5.91 Å². The van der Waals surface area contributed by atoms with Gasteiger partial charge in [-0.05, 0) is 37.5 Å². The molecule has 2 unspecified atom stereocenters. The molecule has 1 rings (SSSR count). The zero-order valence-corrected chi connectivity index (χ0v) is 23.4. The van der Waals surface area contributed by atoms with Crippen LogP contribution in [0.25, 0.3) is 0 Å². The molecule has 0 N–H and O–H groups in total. The van der Waals surface area contributed by atoms with Crippen LogP contribution in [0.4, 0.5) is 0 Å². The van der Waals surface area contributed by atoms with Crippen LogP contribution in [-0.2, 0) is 4.79 Å². The number of likely N-dealkylation sites (tertiary alicyclic amines) is 1. The van der Waals surface area contributed by atoms with Gasteiger partial charge in [0, 0.05) is 19.0 Å². The molecule has 1 amide bonds. The van der Waals surface area contributed by atoms with Crippen molar-refractivity contribution in [1.82, 2.24) is 4.90 Å². The van der Waals surface area contributed by atoms with Crippen molar-refractivity contribution in [2.24, 2.45) is 17.8 Å².